The summed E-state index contributed by atoms with van der Waals surface area (Å²) in [6.07, 6.45) is 3.36. The Morgan fingerprint density at radius 1 is 1.21 bits per heavy atom. The number of carbonyl (C=O) groups excluding carboxylic acids is 1. The number of aromatic amines is 1. The standard InChI is InChI=1S/C18H18ClN3O2/c1-18(2,3)24-17(23)16-15(21-12-6-8-20-9-7-12)13-5-4-11(19)10-14(13)22-16/h4-10,22H,1-3H3,(H,20,21). The maximum absolute atomic E-state index is 12.6. The predicted octanol–water partition coefficient (Wildman–Crippen LogP) is 4.92. The predicted molar refractivity (Wildman–Crippen MR) is 96.0 cm³/mol. The first kappa shape index (κ1) is 16.3. The van der Waals surface area contributed by atoms with E-state index in [2.05, 4.69) is 15.3 Å². The molecule has 2 aromatic heterocycles. The second-order valence-corrected chi connectivity index (χ2v) is 6.86. The smallest absolute Gasteiger partial charge is 0.357 e. The molecule has 0 aliphatic rings. The number of aromatic nitrogens is 2. The summed E-state index contributed by atoms with van der Waals surface area (Å²) in [4.78, 5) is 19.7. The average molecular weight is 344 g/mol. The molecule has 0 aliphatic carbocycles. The number of halogens is 1. The van der Waals surface area contributed by atoms with Gasteiger partial charge in [-0.2, -0.15) is 0 Å². The van der Waals surface area contributed by atoms with Gasteiger partial charge in [0.25, 0.3) is 0 Å². The minimum absolute atomic E-state index is 0.360. The number of rotatable bonds is 3. The van der Waals surface area contributed by atoms with Crippen molar-refractivity contribution in [2.24, 2.45) is 0 Å². The molecular weight excluding hydrogens is 326 g/mol. The van der Waals surface area contributed by atoms with Crippen LogP contribution in [0.4, 0.5) is 11.4 Å². The van der Waals surface area contributed by atoms with Gasteiger partial charge in [-0.05, 0) is 51.1 Å². The Morgan fingerprint density at radius 2 is 1.92 bits per heavy atom. The van der Waals surface area contributed by atoms with Gasteiger partial charge in [0, 0.05) is 34.0 Å². The zero-order valence-electron chi connectivity index (χ0n) is 13.7. The summed E-state index contributed by atoms with van der Waals surface area (Å²) in [6.45, 7) is 5.50. The van der Waals surface area contributed by atoms with Gasteiger partial charge < -0.3 is 15.0 Å². The first-order chi connectivity index (χ1) is 11.3. The quantitative estimate of drug-likeness (QED) is 0.663. The normalized spacial score (nSPS) is 11.5. The molecule has 0 aliphatic heterocycles. The van der Waals surface area contributed by atoms with Crippen molar-refractivity contribution in [3.8, 4) is 0 Å². The SMILES string of the molecule is CC(C)(C)OC(=O)c1[nH]c2cc(Cl)ccc2c1Nc1ccncc1. The van der Waals surface area contributed by atoms with Crippen LogP contribution >= 0.6 is 11.6 Å². The Balaban J connectivity index is 2.09. The minimum Gasteiger partial charge on any atom is -0.455 e. The van der Waals surface area contributed by atoms with E-state index < -0.39 is 11.6 Å². The number of ether oxygens (including phenoxy) is 1. The van der Waals surface area contributed by atoms with E-state index in [-0.39, 0.29) is 0 Å². The molecule has 5 nitrogen and oxygen atoms in total. The van der Waals surface area contributed by atoms with Crippen LogP contribution in [0.25, 0.3) is 10.9 Å². The van der Waals surface area contributed by atoms with E-state index in [9.17, 15) is 4.79 Å². The highest BCUT2D eigenvalue weighted by molar-refractivity contribution is 6.31. The van der Waals surface area contributed by atoms with Crippen LogP contribution in [-0.2, 0) is 4.74 Å². The molecule has 3 rings (SSSR count). The molecule has 0 fully saturated rings. The number of hydrogen-bond donors (Lipinski definition) is 2. The molecule has 0 saturated carbocycles. The maximum Gasteiger partial charge on any atom is 0.357 e. The monoisotopic (exact) mass is 343 g/mol. The van der Waals surface area contributed by atoms with E-state index in [0.29, 0.717) is 16.4 Å². The average Bonchev–Trinajstić information content (AvgIpc) is 2.84. The van der Waals surface area contributed by atoms with Crippen LogP contribution in [0.2, 0.25) is 5.02 Å². The number of esters is 1. The van der Waals surface area contributed by atoms with Crippen molar-refractivity contribution in [1.82, 2.24) is 9.97 Å². The Morgan fingerprint density at radius 3 is 2.58 bits per heavy atom. The molecule has 0 amide bonds. The first-order valence-electron chi connectivity index (χ1n) is 7.55. The van der Waals surface area contributed by atoms with Gasteiger partial charge in [-0.1, -0.05) is 11.6 Å². The van der Waals surface area contributed by atoms with Crippen LogP contribution in [0, 0.1) is 0 Å². The Kier molecular flexibility index (Phi) is 4.20. The second-order valence-electron chi connectivity index (χ2n) is 6.43. The Bertz CT molecular complexity index is 882. The molecule has 0 saturated heterocycles. The third-order valence-corrected chi connectivity index (χ3v) is 3.55. The van der Waals surface area contributed by atoms with E-state index in [0.717, 1.165) is 16.6 Å². The van der Waals surface area contributed by atoms with Crippen molar-refractivity contribution in [1.29, 1.82) is 0 Å². The first-order valence-corrected chi connectivity index (χ1v) is 7.93. The molecule has 6 heteroatoms. The molecule has 0 atom stereocenters. The van der Waals surface area contributed by atoms with Gasteiger partial charge in [-0.25, -0.2) is 4.79 Å². The number of benzene rings is 1. The van der Waals surface area contributed by atoms with Crippen molar-refractivity contribution in [2.45, 2.75) is 26.4 Å². The third-order valence-electron chi connectivity index (χ3n) is 3.31. The second kappa shape index (κ2) is 6.17. The van der Waals surface area contributed by atoms with Gasteiger partial charge in [0.2, 0.25) is 0 Å². The molecule has 2 N–H and O–H groups in total. The summed E-state index contributed by atoms with van der Waals surface area (Å²) < 4.78 is 5.51. The lowest BCUT2D eigenvalue weighted by Crippen LogP contribution is -2.24. The molecule has 2 heterocycles. The number of H-pyrrole nitrogens is 1. The molecule has 0 radical (unpaired) electrons. The molecular formula is C18H18ClN3O2. The van der Waals surface area contributed by atoms with Crippen LogP contribution in [-0.4, -0.2) is 21.5 Å². The number of fused-ring (bicyclic) bond motifs is 1. The summed E-state index contributed by atoms with van der Waals surface area (Å²) in [5.41, 5.74) is 2.02. The maximum atomic E-state index is 12.6. The lowest BCUT2D eigenvalue weighted by molar-refractivity contribution is 0.00651. The minimum atomic E-state index is -0.583. The summed E-state index contributed by atoms with van der Waals surface area (Å²) in [5, 5.41) is 4.72. The van der Waals surface area contributed by atoms with Crippen LogP contribution in [0.15, 0.2) is 42.7 Å². The van der Waals surface area contributed by atoms with Gasteiger partial charge in [-0.15, -0.1) is 0 Å². The van der Waals surface area contributed by atoms with Crippen molar-refractivity contribution in [3.63, 3.8) is 0 Å². The van der Waals surface area contributed by atoms with Gasteiger partial charge in [0.05, 0.1) is 5.69 Å². The summed E-state index contributed by atoms with van der Waals surface area (Å²) in [7, 11) is 0. The van der Waals surface area contributed by atoms with E-state index in [4.69, 9.17) is 16.3 Å². The molecule has 0 unspecified atom stereocenters. The molecule has 124 valence electrons. The number of anilines is 2. The highest BCUT2D eigenvalue weighted by Crippen LogP contribution is 2.33. The fourth-order valence-electron chi connectivity index (χ4n) is 2.36. The highest BCUT2D eigenvalue weighted by Gasteiger charge is 2.24. The number of hydrogen-bond acceptors (Lipinski definition) is 4. The van der Waals surface area contributed by atoms with E-state index in [1.54, 1.807) is 24.5 Å². The fourth-order valence-corrected chi connectivity index (χ4v) is 2.53. The van der Waals surface area contributed by atoms with Crippen LogP contribution in [0.5, 0.6) is 0 Å². The van der Waals surface area contributed by atoms with Crippen LogP contribution < -0.4 is 5.32 Å². The van der Waals surface area contributed by atoms with Crippen molar-refractivity contribution >= 4 is 39.8 Å². The molecule has 1 aromatic carbocycles. The molecule has 24 heavy (non-hydrogen) atoms. The fraction of sp³-hybridized carbons (Fsp3) is 0.222. The van der Waals surface area contributed by atoms with Crippen LogP contribution in [0.3, 0.4) is 0 Å². The number of nitrogens with one attached hydrogen (secondary N) is 2. The molecule has 3 aromatic rings. The van der Waals surface area contributed by atoms with Crippen molar-refractivity contribution in [2.75, 3.05) is 5.32 Å². The Labute approximate surface area is 145 Å². The van der Waals surface area contributed by atoms with E-state index in [1.807, 2.05) is 39.0 Å². The topological polar surface area (TPSA) is 67.0 Å². The zero-order chi connectivity index (χ0) is 17.3. The zero-order valence-corrected chi connectivity index (χ0v) is 14.4. The summed E-state index contributed by atoms with van der Waals surface area (Å²) in [5.74, 6) is -0.425. The summed E-state index contributed by atoms with van der Waals surface area (Å²) >= 11 is 6.06. The number of pyridine rings is 1. The lowest BCUT2D eigenvalue weighted by Gasteiger charge is -2.19. The van der Waals surface area contributed by atoms with Gasteiger partial charge in [0.1, 0.15) is 11.3 Å². The van der Waals surface area contributed by atoms with Gasteiger partial charge in [0.15, 0.2) is 0 Å². The van der Waals surface area contributed by atoms with Crippen molar-refractivity contribution < 1.29 is 9.53 Å². The van der Waals surface area contributed by atoms with Crippen molar-refractivity contribution in [3.05, 3.63) is 53.4 Å². The largest absolute Gasteiger partial charge is 0.455 e. The highest BCUT2D eigenvalue weighted by atomic mass is 35.5. The number of carbonyl (C=O) groups is 1. The Hall–Kier alpha value is -2.53. The third kappa shape index (κ3) is 3.51. The van der Waals surface area contributed by atoms with E-state index in [1.165, 1.54) is 0 Å². The lowest BCUT2D eigenvalue weighted by atomic mass is 10.2. The van der Waals surface area contributed by atoms with E-state index >= 15 is 0 Å². The molecule has 0 bridgehead atoms. The van der Waals surface area contributed by atoms with Gasteiger partial charge >= 0.3 is 5.97 Å². The number of nitrogens with zero attached hydrogens (tertiary/aromatic N) is 1. The van der Waals surface area contributed by atoms with Gasteiger partial charge in [-0.3, -0.25) is 4.98 Å². The molecule has 0 spiro atoms. The van der Waals surface area contributed by atoms with Crippen LogP contribution in [0.1, 0.15) is 31.3 Å². The summed E-state index contributed by atoms with van der Waals surface area (Å²) in [6, 6.07) is 9.09.